The van der Waals surface area contributed by atoms with Gasteiger partial charge in [0.1, 0.15) is 5.75 Å². The minimum atomic E-state index is 0.303. The van der Waals surface area contributed by atoms with Crippen molar-refractivity contribution >= 4 is 39.1 Å². The number of rotatable bonds is 3. The van der Waals surface area contributed by atoms with Crippen molar-refractivity contribution in [1.29, 1.82) is 0 Å². The SMILES string of the molecule is COc1cc(Cl)c(C(Br)C2CCC2)cc1Cl. The van der Waals surface area contributed by atoms with Crippen LogP contribution in [-0.2, 0) is 0 Å². The molecule has 16 heavy (non-hydrogen) atoms. The highest BCUT2D eigenvalue weighted by molar-refractivity contribution is 9.09. The van der Waals surface area contributed by atoms with E-state index < -0.39 is 0 Å². The van der Waals surface area contributed by atoms with E-state index in [1.165, 1.54) is 19.3 Å². The van der Waals surface area contributed by atoms with Crippen LogP contribution in [0.2, 0.25) is 10.0 Å². The zero-order valence-corrected chi connectivity index (χ0v) is 12.1. The molecular weight excluding hydrogens is 311 g/mol. The Kier molecular flexibility index (Phi) is 4.04. The lowest BCUT2D eigenvalue weighted by Gasteiger charge is -2.31. The molecule has 1 nitrogen and oxygen atoms in total. The second-order valence-corrected chi connectivity index (χ2v) is 5.90. The van der Waals surface area contributed by atoms with Gasteiger partial charge < -0.3 is 4.74 Å². The molecule has 88 valence electrons. The molecule has 0 heterocycles. The first-order valence-electron chi connectivity index (χ1n) is 5.30. The fraction of sp³-hybridized carbons (Fsp3) is 0.500. The van der Waals surface area contributed by atoms with Crippen molar-refractivity contribution in [1.82, 2.24) is 0 Å². The summed E-state index contributed by atoms with van der Waals surface area (Å²) in [6.45, 7) is 0. The molecule has 1 fully saturated rings. The second kappa shape index (κ2) is 5.16. The van der Waals surface area contributed by atoms with Gasteiger partial charge >= 0.3 is 0 Å². The first kappa shape index (κ1) is 12.5. The van der Waals surface area contributed by atoms with Gasteiger partial charge in [-0.05, 0) is 30.4 Å². The Hall–Kier alpha value is 0.0800. The maximum atomic E-state index is 6.23. The Morgan fingerprint density at radius 3 is 2.50 bits per heavy atom. The quantitative estimate of drug-likeness (QED) is 0.691. The maximum Gasteiger partial charge on any atom is 0.138 e. The van der Waals surface area contributed by atoms with Gasteiger partial charge in [-0.3, -0.25) is 0 Å². The number of halogens is 3. The third-order valence-electron chi connectivity index (χ3n) is 3.13. The van der Waals surface area contributed by atoms with E-state index in [-0.39, 0.29) is 0 Å². The summed E-state index contributed by atoms with van der Waals surface area (Å²) in [4.78, 5) is 0.303. The molecular formula is C12H13BrCl2O. The predicted octanol–water partition coefficient (Wildman–Crippen LogP) is 5.24. The molecule has 1 saturated carbocycles. The Balaban J connectivity index is 2.29. The molecule has 0 saturated heterocycles. The van der Waals surface area contributed by atoms with Gasteiger partial charge in [-0.1, -0.05) is 45.6 Å². The van der Waals surface area contributed by atoms with Crippen LogP contribution in [0.1, 0.15) is 29.7 Å². The van der Waals surface area contributed by atoms with Crippen LogP contribution in [0.4, 0.5) is 0 Å². The van der Waals surface area contributed by atoms with Crippen molar-refractivity contribution in [2.75, 3.05) is 7.11 Å². The normalized spacial score (nSPS) is 18.0. The molecule has 1 atom stereocenters. The van der Waals surface area contributed by atoms with Gasteiger partial charge in [-0.25, -0.2) is 0 Å². The van der Waals surface area contributed by atoms with Gasteiger partial charge in [0.25, 0.3) is 0 Å². The molecule has 0 amide bonds. The third-order valence-corrected chi connectivity index (χ3v) is 5.00. The van der Waals surface area contributed by atoms with E-state index in [2.05, 4.69) is 15.9 Å². The lowest BCUT2D eigenvalue weighted by atomic mass is 9.81. The smallest absolute Gasteiger partial charge is 0.138 e. The highest BCUT2D eigenvalue weighted by atomic mass is 79.9. The summed E-state index contributed by atoms with van der Waals surface area (Å²) in [6.07, 6.45) is 3.83. The Labute approximate surface area is 114 Å². The summed E-state index contributed by atoms with van der Waals surface area (Å²) in [7, 11) is 1.59. The van der Waals surface area contributed by atoms with Crippen molar-refractivity contribution in [3.05, 3.63) is 27.7 Å². The molecule has 1 aromatic carbocycles. The van der Waals surface area contributed by atoms with E-state index in [9.17, 15) is 0 Å². The van der Waals surface area contributed by atoms with Crippen molar-refractivity contribution in [2.24, 2.45) is 5.92 Å². The number of hydrogen-bond donors (Lipinski definition) is 0. The second-order valence-electron chi connectivity index (χ2n) is 4.10. The molecule has 1 aliphatic rings. The summed E-state index contributed by atoms with van der Waals surface area (Å²) < 4.78 is 5.13. The third kappa shape index (κ3) is 2.34. The minimum Gasteiger partial charge on any atom is -0.495 e. The number of hydrogen-bond acceptors (Lipinski definition) is 1. The van der Waals surface area contributed by atoms with Crippen LogP contribution in [0.3, 0.4) is 0 Å². The summed E-state index contributed by atoms with van der Waals surface area (Å²) in [5.74, 6) is 1.31. The molecule has 0 N–H and O–H groups in total. The van der Waals surface area contributed by atoms with E-state index in [1.807, 2.05) is 6.07 Å². The van der Waals surface area contributed by atoms with Crippen molar-refractivity contribution in [3.8, 4) is 5.75 Å². The minimum absolute atomic E-state index is 0.303. The van der Waals surface area contributed by atoms with Crippen LogP contribution in [-0.4, -0.2) is 7.11 Å². The van der Waals surface area contributed by atoms with Crippen molar-refractivity contribution in [2.45, 2.75) is 24.1 Å². The molecule has 1 aliphatic carbocycles. The highest BCUT2D eigenvalue weighted by Gasteiger charge is 2.28. The molecule has 2 rings (SSSR count). The Bertz CT molecular complexity index is 391. The summed E-state index contributed by atoms with van der Waals surface area (Å²) in [5, 5.41) is 1.33. The molecule has 0 aromatic heterocycles. The van der Waals surface area contributed by atoms with E-state index in [1.54, 1.807) is 13.2 Å². The molecule has 1 unspecified atom stereocenters. The van der Waals surface area contributed by atoms with Gasteiger partial charge in [0, 0.05) is 15.9 Å². The highest BCUT2D eigenvalue weighted by Crippen LogP contribution is 2.46. The van der Waals surface area contributed by atoms with Crippen LogP contribution < -0.4 is 4.74 Å². The summed E-state index contributed by atoms with van der Waals surface area (Å²) in [6, 6.07) is 3.69. The topological polar surface area (TPSA) is 9.23 Å². The van der Waals surface area contributed by atoms with E-state index >= 15 is 0 Å². The van der Waals surface area contributed by atoms with Crippen molar-refractivity contribution < 1.29 is 4.74 Å². The van der Waals surface area contributed by atoms with Gasteiger partial charge in [0.2, 0.25) is 0 Å². The van der Waals surface area contributed by atoms with Gasteiger partial charge in [0.15, 0.2) is 0 Å². The van der Waals surface area contributed by atoms with Gasteiger partial charge in [-0.15, -0.1) is 0 Å². The first-order chi connectivity index (χ1) is 7.63. The zero-order valence-electron chi connectivity index (χ0n) is 8.97. The standard InChI is InChI=1S/C12H13BrCl2O/c1-16-11-6-9(14)8(5-10(11)15)12(13)7-3-2-4-7/h5-7,12H,2-4H2,1H3. The fourth-order valence-corrected chi connectivity index (χ4v) is 3.46. The number of ether oxygens (including phenoxy) is 1. The molecule has 1 aromatic rings. The van der Waals surface area contributed by atoms with Gasteiger partial charge in [-0.2, -0.15) is 0 Å². The average molecular weight is 324 g/mol. The van der Waals surface area contributed by atoms with Crippen LogP contribution in [0.25, 0.3) is 0 Å². The molecule has 0 radical (unpaired) electrons. The average Bonchev–Trinajstić information content (AvgIpc) is 2.18. The van der Waals surface area contributed by atoms with Crippen LogP contribution in [0.5, 0.6) is 5.75 Å². The molecule has 0 bridgehead atoms. The van der Waals surface area contributed by atoms with E-state index in [0.717, 1.165) is 10.6 Å². The molecule has 0 aliphatic heterocycles. The van der Waals surface area contributed by atoms with Crippen LogP contribution in [0, 0.1) is 5.92 Å². The zero-order chi connectivity index (χ0) is 11.7. The van der Waals surface area contributed by atoms with E-state index in [4.69, 9.17) is 27.9 Å². The largest absolute Gasteiger partial charge is 0.495 e. The number of methoxy groups -OCH3 is 1. The lowest BCUT2D eigenvalue weighted by molar-refractivity contribution is 0.312. The van der Waals surface area contributed by atoms with Crippen LogP contribution in [0.15, 0.2) is 12.1 Å². The fourth-order valence-electron chi connectivity index (χ4n) is 1.90. The summed E-state index contributed by atoms with van der Waals surface area (Å²) >= 11 is 16.0. The molecule has 4 heteroatoms. The number of alkyl halides is 1. The van der Waals surface area contributed by atoms with Crippen LogP contribution >= 0.6 is 39.1 Å². The van der Waals surface area contributed by atoms with E-state index in [0.29, 0.717) is 21.5 Å². The first-order valence-corrected chi connectivity index (χ1v) is 6.97. The van der Waals surface area contributed by atoms with Crippen molar-refractivity contribution in [3.63, 3.8) is 0 Å². The van der Waals surface area contributed by atoms with Gasteiger partial charge in [0.05, 0.1) is 12.1 Å². The Morgan fingerprint density at radius 2 is 2.00 bits per heavy atom. The summed E-state index contributed by atoms with van der Waals surface area (Å²) in [5.41, 5.74) is 1.07. The maximum absolute atomic E-state index is 6.23. The predicted molar refractivity (Wildman–Crippen MR) is 72.0 cm³/mol. The molecule has 0 spiro atoms. The monoisotopic (exact) mass is 322 g/mol. The Morgan fingerprint density at radius 1 is 1.31 bits per heavy atom. The lowest BCUT2D eigenvalue weighted by Crippen LogP contribution is -2.16. The number of benzene rings is 1.